The van der Waals surface area contributed by atoms with E-state index in [1.165, 1.54) is 0 Å². The lowest BCUT2D eigenvalue weighted by molar-refractivity contribution is 0.0947. The van der Waals surface area contributed by atoms with Crippen LogP contribution in [0.3, 0.4) is 0 Å². The predicted octanol–water partition coefficient (Wildman–Crippen LogP) is 3.76. The van der Waals surface area contributed by atoms with Crippen molar-refractivity contribution in [3.05, 3.63) is 64.8 Å². The molecule has 0 spiro atoms. The first kappa shape index (κ1) is 14.5. The summed E-state index contributed by atoms with van der Waals surface area (Å²) in [5.74, 6) is 0.588. The Kier molecular flexibility index (Phi) is 4.02. The van der Waals surface area contributed by atoms with E-state index < -0.39 is 0 Å². The number of benzene rings is 2. The van der Waals surface area contributed by atoms with E-state index in [0.29, 0.717) is 17.3 Å². The van der Waals surface area contributed by atoms with Gasteiger partial charge in [0.15, 0.2) is 0 Å². The fourth-order valence-corrected chi connectivity index (χ4v) is 2.48. The molecular weight excluding hydrogens is 300 g/mol. The molecule has 3 rings (SSSR count). The Balaban J connectivity index is 1.76. The van der Waals surface area contributed by atoms with E-state index in [9.17, 15) is 4.79 Å². The molecule has 1 amide bonds. The van der Waals surface area contributed by atoms with Crippen molar-refractivity contribution in [1.82, 2.24) is 10.3 Å². The number of hydrogen-bond donors (Lipinski definition) is 2. The van der Waals surface area contributed by atoms with E-state index >= 15 is 0 Å². The molecule has 3 aromatic rings. The summed E-state index contributed by atoms with van der Waals surface area (Å²) >= 11 is 6.08. The maximum absolute atomic E-state index is 12.2. The van der Waals surface area contributed by atoms with Gasteiger partial charge < -0.3 is 15.0 Å². The molecule has 2 N–H and O–H groups in total. The van der Waals surface area contributed by atoms with Gasteiger partial charge in [0.1, 0.15) is 11.4 Å². The van der Waals surface area contributed by atoms with Crippen molar-refractivity contribution in [3.8, 4) is 5.75 Å². The molecule has 0 atom stereocenters. The van der Waals surface area contributed by atoms with Crippen molar-refractivity contribution >= 4 is 28.4 Å². The predicted molar refractivity (Wildman–Crippen MR) is 87.5 cm³/mol. The number of H-pyrrole nitrogens is 1. The molecule has 0 aliphatic carbocycles. The molecule has 0 fully saturated rings. The number of hydrogen-bond acceptors (Lipinski definition) is 2. The second-order valence-corrected chi connectivity index (χ2v) is 5.32. The van der Waals surface area contributed by atoms with E-state index in [4.69, 9.17) is 16.3 Å². The number of halogens is 1. The minimum absolute atomic E-state index is 0.171. The summed E-state index contributed by atoms with van der Waals surface area (Å²) in [6.45, 7) is 0.386. The van der Waals surface area contributed by atoms with Gasteiger partial charge in [-0.3, -0.25) is 4.79 Å². The molecule has 112 valence electrons. The van der Waals surface area contributed by atoms with Gasteiger partial charge in [-0.15, -0.1) is 0 Å². The lowest BCUT2D eigenvalue weighted by atomic mass is 10.2. The summed E-state index contributed by atoms with van der Waals surface area (Å²) in [7, 11) is 1.62. The Morgan fingerprint density at radius 3 is 2.82 bits per heavy atom. The fourth-order valence-electron chi connectivity index (χ4n) is 2.27. The monoisotopic (exact) mass is 314 g/mol. The third-order valence-corrected chi connectivity index (χ3v) is 3.84. The van der Waals surface area contributed by atoms with Crippen LogP contribution < -0.4 is 10.1 Å². The number of carbonyl (C=O) groups excluding carboxylic acids is 1. The van der Waals surface area contributed by atoms with Gasteiger partial charge in [-0.05, 0) is 35.9 Å². The smallest absolute Gasteiger partial charge is 0.267 e. The van der Waals surface area contributed by atoms with Gasteiger partial charge in [0, 0.05) is 22.5 Å². The zero-order valence-corrected chi connectivity index (χ0v) is 12.8. The summed E-state index contributed by atoms with van der Waals surface area (Å²) < 4.78 is 5.18. The standard InChI is InChI=1S/C17H15ClN2O2/c1-22-13-6-7-15-12(8-13)9-16(20-15)17(21)19-10-11-4-2-3-5-14(11)18/h2-9,20H,10H2,1H3,(H,19,21). The maximum atomic E-state index is 12.2. The average molecular weight is 315 g/mol. The van der Waals surface area contributed by atoms with Crippen LogP contribution in [-0.2, 0) is 6.54 Å². The first-order valence-electron chi connectivity index (χ1n) is 6.86. The molecule has 0 aliphatic rings. The Morgan fingerprint density at radius 1 is 1.23 bits per heavy atom. The number of fused-ring (bicyclic) bond motifs is 1. The van der Waals surface area contributed by atoms with Gasteiger partial charge in [0.25, 0.3) is 5.91 Å². The second-order valence-electron chi connectivity index (χ2n) is 4.91. The van der Waals surface area contributed by atoms with E-state index in [2.05, 4.69) is 10.3 Å². The Labute approximate surface area is 133 Å². The highest BCUT2D eigenvalue weighted by molar-refractivity contribution is 6.31. The van der Waals surface area contributed by atoms with E-state index in [-0.39, 0.29) is 5.91 Å². The Hall–Kier alpha value is -2.46. The van der Waals surface area contributed by atoms with Crippen molar-refractivity contribution in [3.63, 3.8) is 0 Å². The van der Waals surface area contributed by atoms with Gasteiger partial charge >= 0.3 is 0 Å². The third kappa shape index (κ3) is 2.92. The summed E-state index contributed by atoms with van der Waals surface area (Å²) in [5.41, 5.74) is 2.29. The van der Waals surface area contributed by atoms with Crippen molar-refractivity contribution in [2.24, 2.45) is 0 Å². The highest BCUT2D eigenvalue weighted by Crippen LogP contribution is 2.21. The largest absolute Gasteiger partial charge is 0.497 e. The number of ether oxygens (including phenoxy) is 1. The maximum Gasteiger partial charge on any atom is 0.267 e. The number of carbonyl (C=O) groups is 1. The number of nitrogens with one attached hydrogen (secondary N) is 2. The van der Waals surface area contributed by atoms with E-state index in [0.717, 1.165) is 22.2 Å². The summed E-state index contributed by atoms with van der Waals surface area (Å²) in [6.07, 6.45) is 0. The van der Waals surface area contributed by atoms with Crippen molar-refractivity contribution in [2.45, 2.75) is 6.54 Å². The zero-order chi connectivity index (χ0) is 15.5. The second kappa shape index (κ2) is 6.12. The molecule has 0 bridgehead atoms. The SMILES string of the molecule is COc1ccc2[nH]c(C(=O)NCc3ccccc3Cl)cc2c1. The van der Waals surface area contributed by atoms with Crippen LogP contribution in [0.4, 0.5) is 0 Å². The zero-order valence-electron chi connectivity index (χ0n) is 12.0. The van der Waals surface area contributed by atoms with Crippen LogP contribution in [0.5, 0.6) is 5.75 Å². The molecule has 0 saturated carbocycles. The first-order chi connectivity index (χ1) is 10.7. The minimum atomic E-state index is -0.171. The fraction of sp³-hybridized carbons (Fsp3) is 0.118. The Morgan fingerprint density at radius 2 is 2.05 bits per heavy atom. The summed E-state index contributed by atoms with van der Waals surface area (Å²) in [5, 5.41) is 4.44. The lowest BCUT2D eigenvalue weighted by Gasteiger charge is -2.05. The van der Waals surface area contributed by atoms with E-state index in [1.54, 1.807) is 19.2 Å². The molecule has 4 nitrogen and oxygen atoms in total. The molecule has 0 saturated heterocycles. The quantitative estimate of drug-likeness (QED) is 0.770. The van der Waals surface area contributed by atoms with Crippen molar-refractivity contribution in [2.75, 3.05) is 7.11 Å². The molecule has 22 heavy (non-hydrogen) atoms. The summed E-state index contributed by atoms with van der Waals surface area (Å²) in [4.78, 5) is 15.3. The summed E-state index contributed by atoms with van der Waals surface area (Å²) in [6, 6.07) is 14.9. The van der Waals surface area contributed by atoms with Crippen LogP contribution in [0.25, 0.3) is 10.9 Å². The minimum Gasteiger partial charge on any atom is -0.497 e. The van der Waals surface area contributed by atoms with Gasteiger partial charge in [-0.25, -0.2) is 0 Å². The number of aromatic nitrogens is 1. The molecular formula is C17H15ClN2O2. The number of aromatic amines is 1. The van der Waals surface area contributed by atoms with Crippen molar-refractivity contribution in [1.29, 1.82) is 0 Å². The van der Waals surface area contributed by atoms with Crippen LogP contribution in [-0.4, -0.2) is 18.0 Å². The van der Waals surface area contributed by atoms with Gasteiger partial charge in [0.05, 0.1) is 7.11 Å². The molecule has 0 aliphatic heterocycles. The number of rotatable bonds is 4. The molecule has 0 unspecified atom stereocenters. The molecule has 0 radical (unpaired) electrons. The first-order valence-corrected chi connectivity index (χ1v) is 7.23. The van der Waals surface area contributed by atoms with Gasteiger partial charge in [-0.2, -0.15) is 0 Å². The molecule has 2 aromatic carbocycles. The van der Waals surface area contributed by atoms with Crippen LogP contribution in [0.15, 0.2) is 48.5 Å². The Bertz CT molecular complexity index is 826. The molecule has 1 heterocycles. The number of amides is 1. The molecule has 5 heteroatoms. The average Bonchev–Trinajstić information content (AvgIpc) is 2.96. The molecule has 1 aromatic heterocycles. The van der Waals surface area contributed by atoms with Crippen LogP contribution >= 0.6 is 11.6 Å². The third-order valence-electron chi connectivity index (χ3n) is 3.47. The van der Waals surface area contributed by atoms with Crippen LogP contribution in [0, 0.1) is 0 Å². The van der Waals surface area contributed by atoms with Crippen molar-refractivity contribution < 1.29 is 9.53 Å². The van der Waals surface area contributed by atoms with E-state index in [1.807, 2.05) is 36.4 Å². The normalized spacial score (nSPS) is 10.6. The highest BCUT2D eigenvalue weighted by atomic mass is 35.5. The lowest BCUT2D eigenvalue weighted by Crippen LogP contribution is -2.23. The van der Waals surface area contributed by atoms with Gasteiger partial charge in [-0.1, -0.05) is 29.8 Å². The topological polar surface area (TPSA) is 54.1 Å². The van der Waals surface area contributed by atoms with Crippen LogP contribution in [0.1, 0.15) is 16.1 Å². The van der Waals surface area contributed by atoms with Gasteiger partial charge in [0.2, 0.25) is 0 Å². The number of methoxy groups -OCH3 is 1. The van der Waals surface area contributed by atoms with Crippen LogP contribution in [0.2, 0.25) is 5.02 Å². The highest BCUT2D eigenvalue weighted by Gasteiger charge is 2.10.